The van der Waals surface area contributed by atoms with Gasteiger partial charge < -0.3 is 5.73 Å². The zero-order valence-electron chi connectivity index (χ0n) is 9.81. The van der Waals surface area contributed by atoms with E-state index in [1.807, 2.05) is 43.9 Å². The van der Waals surface area contributed by atoms with Gasteiger partial charge in [0.2, 0.25) is 0 Å². The summed E-state index contributed by atoms with van der Waals surface area (Å²) in [6, 6.07) is 3.81. The monoisotopic (exact) mass is 216 g/mol. The first kappa shape index (κ1) is 10.8. The summed E-state index contributed by atoms with van der Waals surface area (Å²) in [5.74, 6) is 0. The summed E-state index contributed by atoms with van der Waals surface area (Å²) in [5, 5.41) is 4.30. The Kier molecular flexibility index (Phi) is 2.75. The number of hydrogen-bond donors (Lipinski definition) is 1. The van der Waals surface area contributed by atoms with E-state index in [4.69, 9.17) is 5.73 Å². The fourth-order valence-corrected chi connectivity index (χ4v) is 1.88. The third-order valence-corrected chi connectivity index (χ3v) is 2.77. The van der Waals surface area contributed by atoms with Crippen LogP contribution in [0.25, 0.3) is 0 Å². The lowest BCUT2D eigenvalue weighted by molar-refractivity contribution is 0.666. The normalized spacial score (nSPS) is 12.8. The van der Waals surface area contributed by atoms with Crippen molar-refractivity contribution in [3.8, 4) is 0 Å². The van der Waals surface area contributed by atoms with Gasteiger partial charge >= 0.3 is 0 Å². The molecule has 2 aromatic rings. The van der Waals surface area contributed by atoms with Crippen molar-refractivity contribution in [3.63, 3.8) is 0 Å². The Morgan fingerprint density at radius 3 is 2.69 bits per heavy atom. The zero-order valence-corrected chi connectivity index (χ0v) is 9.81. The van der Waals surface area contributed by atoms with Gasteiger partial charge in [0.25, 0.3) is 0 Å². The van der Waals surface area contributed by atoms with Crippen LogP contribution < -0.4 is 5.73 Å². The van der Waals surface area contributed by atoms with Crippen molar-refractivity contribution in [1.82, 2.24) is 14.8 Å². The lowest BCUT2D eigenvalue weighted by Crippen LogP contribution is -2.17. The fourth-order valence-electron chi connectivity index (χ4n) is 1.88. The van der Waals surface area contributed by atoms with Crippen molar-refractivity contribution >= 4 is 0 Å². The summed E-state index contributed by atoms with van der Waals surface area (Å²) >= 11 is 0. The van der Waals surface area contributed by atoms with Crippen molar-refractivity contribution in [3.05, 3.63) is 47.0 Å². The van der Waals surface area contributed by atoms with Crippen LogP contribution in [0.1, 0.15) is 28.6 Å². The topological polar surface area (TPSA) is 56.7 Å². The molecule has 1 unspecified atom stereocenters. The van der Waals surface area contributed by atoms with E-state index < -0.39 is 0 Å². The second kappa shape index (κ2) is 4.06. The molecule has 84 valence electrons. The highest BCUT2D eigenvalue weighted by Gasteiger charge is 2.15. The van der Waals surface area contributed by atoms with Gasteiger partial charge in [-0.3, -0.25) is 9.67 Å². The molecule has 4 nitrogen and oxygen atoms in total. The minimum atomic E-state index is -0.167. The molecule has 0 saturated carbocycles. The highest BCUT2D eigenvalue weighted by atomic mass is 15.3. The number of aryl methyl sites for hydroxylation is 3. The van der Waals surface area contributed by atoms with Crippen molar-refractivity contribution < 1.29 is 0 Å². The number of rotatable bonds is 2. The van der Waals surface area contributed by atoms with E-state index in [0.29, 0.717) is 0 Å². The molecule has 0 radical (unpaired) electrons. The molecule has 0 aliphatic rings. The van der Waals surface area contributed by atoms with Crippen LogP contribution in [0.3, 0.4) is 0 Å². The average Bonchev–Trinajstić information content (AvgIpc) is 2.58. The first-order valence-corrected chi connectivity index (χ1v) is 5.26. The van der Waals surface area contributed by atoms with Crippen LogP contribution in [-0.4, -0.2) is 14.8 Å². The fraction of sp³-hybridized carbons (Fsp3) is 0.333. The van der Waals surface area contributed by atoms with E-state index >= 15 is 0 Å². The standard InChI is InChI=1S/C12H16N4/c1-8-4-5-14-7-10(8)12(13)11-6-9(2)15-16(11)3/h4-7,12H,13H2,1-3H3. The molecular weight excluding hydrogens is 200 g/mol. The SMILES string of the molecule is Cc1cc(C(N)c2cnccc2C)n(C)n1. The number of nitrogens with zero attached hydrogens (tertiary/aromatic N) is 3. The van der Waals surface area contributed by atoms with E-state index in [0.717, 1.165) is 22.5 Å². The molecule has 0 fully saturated rings. The molecule has 2 aromatic heterocycles. The van der Waals surface area contributed by atoms with Gasteiger partial charge in [-0.15, -0.1) is 0 Å². The van der Waals surface area contributed by atoms with Gasteiger partial charge in [-0.1, -0.05) is 0 Å². The predicted molar refractivity (Wildman–Crippen MR) is 62.9 cm³/mol. The van der Waals surface area contributed by atoms with Crippen molar-refractivity contribution in [1.29, 1.82) is 0 Å². The molecule has 0 amide bonds. The van der Waals surface area contributed by atoms with Gasteiger partial charge in [0.1, 0.15) is 0 Å². The van der Waals surface area contributed by atoms with Crippen molar-refractivity contribution in [2.75, 3.05) is 0 Å². The molecular formula is C12H16N4. The van der Waals surface area contributed by atoms with Crippen LogP contribution in [0, 0.1) is 13.8 Å². The van der Waals surface area contributed by atoms with Crippen molar-refractivity contribution in [2.24, 2.45) is 12.8 Å². The lowest BCUT2D eigenvalue weighted by Gasteiger charge is -2.14. The molecule has 0 aromatic carbocycles. The van der Waals surface area contributed by atoms with Gasteiger partial charge in [-0.25, -0.2) is 0 Å². The Hall–Kier alpha value is -1.68. The van der Waals surface area contributed by atoms with Crippen LogP contribution in [0.2, 0.25) is 0 Å². The molecule has 0 bridgehead atoms. The largest absolute Gasteiger partial charge is 0.319 e. The van der Waals surface area contributed by atoms with Crippen LogP contribution in [0.4, 0.5) is 0 Å². The van der Waals surface area contributed by atoms with Gasteiger partial charge in [-0.2, -0.15) is 5.10 Å². The van der Waals surface area contributed by atoms with E-state index in [2.05, 4.69) is 10.1 Å². The molecule has 2 rings (SSSR count). The second-order valence-electron chi connectivity index (χ2n) is 4.04. The first-order chi connectivity index (χ1) is 7.59. The number of pyridine rings is 1. The van der Waals surface area contributed by atoms with Crippen LogP contribution in [-0.2, 0) is 7.05 Å². The summed E-state index contributed by atoms with van der Waals surface area (Å²) in [6.07, 6.45) is 3.60. The van der Waals surface area contributed by atoms with Crippen LogP contribution in [0.15, 0.2) is 24.5 Å². The maximum absolute atomic E-state index is 6.23. The van der Waals surface area contributed by atoms with Gasteiger partial charge in [0.15, 0.2) is 0 Å². The third-order valence-electron chi connectivity index (χ3n) is 2.77. The van der Waals surface area contributed by atoms with Gasteiger partial charge in [-0.05, 0) is 37.1 Å². The smallest absolute Gasteiger partial charge is 0.0740 e. The minimum Gasteiger partial charge on any atom is -0.319 e. The lowest BCUT2D eigenvalue weighted by atomic mass is 10.0. The maximum atomic E-state index is 6.23. The molecule has 2 N–H and O–H groups in total. The Balaban J connectivity index is 2.43. The Labute approximate surface area is 95.1 Å². The first-order valence-electron chi connectivity index (χ1n) is 5.26. The second-order valence-corrected chi connectivity index (χ2v) is 4.04. The third kappa shape index (κ3) is 1.84. The predicted octanol–water partition coefficient (Wildman–Crippen LogP) is 1.48. The highest BCUT2D eigenvalue weighted by Crippen LogP contribution is 2.21. The van der Waals surface area contributed by atoms with E-state index in [-0.39, 0.29) is 6.04 Å². The molecule has 2 heterocycles. The maximum Gasteiger partial charge on any atom is 0.0740 e. The number of hydrogen-bond acceptors (Lipinski definition) is 3. The average molecular weight is 216 g/mol. The molecule has 0 aliphatic carbocycles. The summed E-state index contributed by atoms with van der Waals surface area (Å²) in [7, 11) is 1.91. The van der Waals surface area contributed by atoms with E-state index in [1.54, 1.807) is 6.20 Å². The molecule has 1 atom stereocenters. The van der Waals surface area contributed by atoms with Gasteiger partial charge in [0.05, 0.1) is 17.4 Å². The summed E-state index contributed by atoms with van der Waals surface area (Å²) < 4.78 is 1.83. The highest BCUT2D eigenvalue weighted by molar-refractivity contribution is 5.32. The molecule has 0 spiro atoms. The van der Waals surface area contributed by atoms with Gasteiger partial charge in [0, 0.05) is 19.4 Å². The Morgan fingerprint density at radius 1 is 1.38 bits per heavy atom. The molecule has 0 saturated heterocycles. The molecule has 16 heavy (non-hydrogen) atoms. The van der Waals surface area contributed by atoms with E-state index in [1.165, 1.54) is 0 Å². The number of nitrogens with two attached hydrogens (primary N) is 1. The molecule has 4 heteroatoms. The van der Waals surface area contributed by atoms with Crippen LogP contribution in [0.5, 0.6) is 0 Å². The van der Waals surface area contributed by atoms with Crippen LogP contribution >= 0.6 is 0 Å². The Morgan fingerprint density at radius 2 is 2.12 bits per heavy atom. The quantitative estimate of drug-likeness (QED) is 0.827. The minimum absolute atomic E-state index is 0.167. The summed E-state index contributed by atoms with van der Waals surface area (Å²) in [4.78, 5) is 4.12. The summed E-state index contributed by atoms with van der Waals surface area (Å²) in [6.45, 7) is 4.01. The zero-order chi connectivity index (χ0) is 11.7. The van der Waals surface area contributed by atoms with E-state index in [9.17, 15) is 0 Å². The number of aromatic nitrogens is 3. The molecule has 0 aliphatic heterocycles. The van der Waals surface area contributed by atoms with Crippen molar-refractivity contribution in [2.45, 2.75) is 19.9 Å². The Bertz CT molecular complexity index is 501. The summed E-state index contributed by atoms with van der Waals surface area (Å²) in [5.41, 5.74) is 10.4.